The van der Waals surface area contributed by atoms with Crippen molar-refractivity contribution in [2.45, 2.75) is 25.4 Å². The molecule has 0 N–H and O–H groups in total. The van der Waals surface area contributed by atoms with Gasteiger partial charge in [-0.1, -0.05) is 41.4 Å². The summed E-state index contributed by atoms with van der Waals surface area (Å²) in [5, 5.41) is 1.32. The van der Waals surface area contributed by atoms with E-state index in [-0.39, 0.29) is 29.8 Å². The van der Waals surface area contributed by atoms with Gasteiger partial charge in [0, 0.05) is 21.9 Å². The van der Waals surface area contributed by atoms with Crippen LogP contribution in [-0.2, 0) is 9.53 Å². The van der Waals surface area contributed by atoms with Crippen molar-refractivity contribution in [3.63, 3.8) is 0 Å². The number of hydrogen-bond acceptors (Lipinski definition) is 2. The van der Waals surface area contributed by atoms with Crippen LogP contribution >= 0.6 is 23.2 Å². The number of rotatable bonds is 1. The van der Waals surface area contributed by atoms with E-state index in [1.807, 2.05) is 25.1 Å². The molecule has 0 spiro atoms. The molecule has 2 aliphatic rings. The minimum Gasteiger partial charge on any atom is -0.462 e. The van der Waals surface area contributed by atoms with Crippen LogP contribution in [0.1, 0.15) is 24.8 Å². The Morgan fingerprint density at radius 3 is 2.79 bits per heavy atom. The second-order valence-electron chi connectivity index (χ2n) is 5.22. The quantitative estimate of drug-likeness (QED) is 0.573. The van der Waals surface area contributed by atoms with Crippen LogP contribution in [0.15, 0.2) is 30.4 Å². The average molecular weight is 297 g/mol. The van der Waals surface area contributed by atoms with Crippen LogP contribution in [0, 0.1) is 11.8 Å². The topological polar surface area (TPSA) is 26.3 Å². The van der Waals surface area contributed by atoms with Gasteiger partial charge in [0.2, 0.25) is 0 Å². The molecule has 0 aromatic heterocycles. The Kier molecular flexibility index (Phi) is 3.32. The summed E-state index contributed by atoms with van der Waals surface area (Å²) in [5.74, 6) is 0.281. The van der Waals surface area contributed by atoms with E-state index in [1.54, 1.807) is 6.07 Å². The Balaban J connectivity index is 1.90. The first-order chi connectivity index (χ1) is 9.06. The van der Waals surface area contributed by atoms with Crippen molar-refractivity contribution in [3.8, 4) is 0 Å². The number of esters is 1. The molecule has 1 aromatic carbocycles. The predicted molar refractivity (Wildman–Crippen MR) is 75.5 cm³/mol. The largest absolute Gasteiger partial charge is 0.462 e. The van der Waals surface area contributed by atoms with Gasteiger partial charge in [-0.25, -0.2) is 0 Å². The van der Waals surface area contributed by atoms with Crippen LogP contribution in [0.2, 0.25) is 10.0 Å². The summed E-state index contributed by atoms with van der Waals surface area (Å²) in [5.41, 5.74) is 1.06. The standard InChI is InChI=1S/C15H14Cl2O2/c1-8-13-6-9(2-4-12(13)15(18)19-8)11-5-3-10(16)7-14(11)17/h2-5,7-9,12-13H,6H2,1H3. The SMILES string of the molecule is CC1OC(=O)C2C=CC(c3ccc(Cl)cc3Cl)CC12. The molecule has 4 heteroatoms. The monoisotopic (exact) mass is 296 g/mol. The predicted octanol–water partition coefficient (Wildman–Crippen LogP) is 4.21. The lowest BCUT2D eigenvalue weighted by molar-refractivity contribution is -0.142. The second kappa shape index (κ2) is 4.84. The van der Waals surface area contributed by atoms with Gasteiger partial charge in [0.05, 0.1) is 5.92 Å². The minimum atomic E-state index is -0.102. The highest BCUT2D eigenvalue weighted by Crippen LogP contribution is 2.43. The van der Waals surface area contributed by atoms with E-state index < -0.39 is 0 Å². The first kappa shape index (κ1) is 13.0. The van der Waals surface area contributed by atoms with Gasteiger partial charge >= 0.3 is 5.97 Å². The number of carbonyl (C=O) groups is 1. The van der Waals surface area contributed by atoms with Gasteiger partial charge in [-0.05, 0) is 31.0 Å². The molecule has 0 saturated carbocycles. The molecule has 2 nitrogen and oxygen atoms in total. The van der Waals surface area contributed by atoms with Crippen LogP contribution in [0.25, 0.3) is 0 Å². The van der Waals surface area contributed by atoms with Gasteiger partial charge in [0.15, 0.2) is 0 Å². The number of benzene rings is 1. The average Bonchev–Trinajstić information content (AvgIpc) is 2.65. The molecule has 4 unspecified atom stereocenters. The summed E-state index contributed by atoms with van der Waals surface area (Å²) in [6, 6.07) is 5.57. The summed E-state index contributed by atoms with van der Waals surface area (Å²) in [6.45, 7) is 1.96. The van der Waals surface area contributed by atoms with Crippen LogP contribution in [0.4, 0.5) is 0 Å². The molecule has 0 bridgehead atoms. The van der Waals surface area contributed by atoms with Crippen LogP contribution in [0.3, 0.4) is 0 Å². The molecule has 19 heavy (non-hydrogen) atoms. The molecular weight excluding hydrogens is 283 g/mol. The van der Waals surface area contributed by atoms with Crippen molar-refractivity contribution in [3.05, 3.63) is 46.0 Å². The molecule has 1 aliphatic carbocycles. The van der Waals surface area contributed by atoms with Crippen molar-refractivity contribution in [2.24, 2.45) is 11.8 Å². The van der Waals surface area contributed by atoms with Gasteiger partial charge in [-0.2, -0.15) is 0 Å². The van der Waals surface area contributed by atoms with Crippen molar-refractivity contribution < 1.29 is 9.53 Å². The zero-order valence-electron chi connectivity index (χ0n) is 10.5. The molecule has 3 rings (SSSR count). The molecule has 100 valence electrons. The lowest BCUT2D eigenvalue weighted by Crippen LogP contribution is -2.23. The molecule has 0 radical (unpaired) electrons. The number of ether oxygens (including phenoxy) is 1. The first-order valence-corrected chi connectivity index (χ1v) is 7.15. The Labute approximate surface area is 122 Å². The Bertz CT molecular complexity index is 553. The van der Waals surface area contributed by atoms with E-state index in [2.05, 4.69) is 6.08 Å². The third kappa shape index (κ3) is 2.28. The Hall–Kier alpha value is -0.990. The molecule has 4 atom stereocenters. The summed E-state index contributed by atoms with van der Waals surface area (Å²) in [6.07, 6.45) is 4.90. The molecule has 1 saturated heterocycles. The zero-order chi connectivity index (χ0) is 13.6. The summed E-state index contributed by atoms with van der Waals surface area (Å²) >= 11 is 12.2. The maximum atomic E-state index is 11.7. The van der Waals surface area contributed by atoms with E-state index >= 15 is 0 Å². The third-order valence-corrected chi connectivity index (χ3v) is 4.64. The first-order valence-electron chi connectivity index (χ1n) is 6.40. The van der Waals surface area contributed by atoms with Gasteiger partial charge < -0.3 is 4.74 Å². The fraction of sp³-hybridized carbons (Fsp3) is 0.400. The summed E-state index contributed by atoms with van der Waals surface area (Å²) < 4.78 is 5.30. The van der Waals surface area contributed by atoms with Gasteiger partial charge in [-0.3, -0.25) is 4.79 Å². The van der Waals surface area contributed by atoms with Crippen molar-refractivity contribution >= 4 is 29.2 Å². The molecule has 0 amide bonds. The highest BCUT2D eigenvalue weighted by molar-refractivity contribution is 6.35. The zero-order valence-corrected chi connectivity index (χ0v) is 12.0. The summed E-state index contributed by atoms with van der Waals surface area (Å²) in [7, 11) is 0. The molecule has 1 heterocycles. The number of cyclic esters (lactones) is 1. The van der Waals surface area contributed by atoms with Gasteiger partial charge in [0.1, 0.15) is 6.10 Å². The number of allylic oxidation sites excluding steroid dienone is 1. The highest BCUT2D eigenvalue weighted by atomic mass is 35.5. The van der Waals surface area contributed by atoms with Crippen LogP contribution in [-0.4, -0.2) is 12.1 Å². The fourth-order valence-electron chi connectivity index (χ4n) is 3.03. The third-order valence-electron chi connectivity index (χ3n) is 4.08. The van der Waals surface area contributed by atoms with E-state index in [9.17, 15) is 4.79 Å². The maximum Gasteiger partial charge on any atom is 0.313 e. The second-order valence-corrected chi connectivity index (χ2v) is 6.07. The molecule has 1 aliphatic heterocycles. The van der Waals surface area contributed by atoms with E-state index in [0.717, 1.165) is 12.0 Å². The highest BCUT2D eigenvalue weighted by Gasteiger charge is 2.43. The van der Waals surface area contributed by atoms with Crippen molar-refractivity contribution in [1.29, 1.82) is 0 Å². The maximum absolute atomic E-state index is 11.7. The molecule has 1 aromatic rings. The number of fused-ring (bicyclic) bond motifs is 1. The van der Waals surface area contributed by atoms with E-state index in [1.165, 1.54) is 0 Å². The van der Waals surface area contributed by atoms with Crippen molar-refractivity contribution in [2.75, 3.05) is 0 Å². The minimum absolute atomic E-state index is 0.0176. The molecule has 1 fully saturated rings. The normalized spacial score (nSPS) is 33.1. The van der Waals surface area contributed by atoms with Gasteiger partial charge in [0.25, 0.3) is 0 Å². The van der Waals surface area contributed by atoms with Crippen LogP contribution < -0.4 is 0 Å². The number of carbonyl (C=O) groups excluding carboxylic acids is 1. The smallest absolute Gasteiger partial charge is 0.313 e. The van der Waals surface area contributed by atoms with Crippen LogP contribution in [0.5, 0.6) is 0 Å². The number of hydrogen-bond donors (Lipinski definition) is 0. The number of halogens is 2. The Morgan fingerprint density at radius 1 is 1.26 bits per heavy atom. The van der Waals surface area contributed by atoms with E-state index in [4.69, 9.17) is 27.9 Å². The van der Waals surface area contributed by atoms with Gasteiger partial charge in [-0.15, -0.1) is 0 Å². The van der Waals surface area contributed by atoms with E-state index in [0.29, 0.717) is 10.0 Å². The fourth-order valence-corrected chi connectivity index (χ4v) is 3.58. The van der Waals surface area contributed by atoms with Crippen molar-refractivity contribution in [1.82, 2.24) is 0 Å². The Morgan fingerprint density at radius 2 is 2.05 bits per heavy atom. The lowest BCUT2D eigenvalue weighted by atomic mass is 9.76. The lowest BCUT2D eigenvalue weighted by Gasteiger charge is -2.26. The molecular formula is C15H14Cl2O2. The summed E-state index contributed by atoms with van der Waals surface area (Å²) in [4.78, 5) is 11.7.